The van der Waals surface area contributed by atoms with Gasteiger partial charge in [0.25, 0.3) is 5.89 Å². The Morgan fingerprint density at radius 2 is 2.11 bits per heavy atom. The number of nitrogen functional groups attached to an aromatic ring is 1. The second-order valence-corrected chi connectivity index (χ2v) is 5.48. The van der Waals surface area contributed by atoms with E-state index in [-0.39, 0.29) is 0 Å². The van der Waals surface area contributed by atoms with Crippen molar-refractivity contribution in [3.8, 4) is 23.1 Å². The number of H-pyrrole nitrogens is 1. The summed E-state index contributed by atoms with van der Waals surface area (Å²) in [6.07, 6.45) is 3.31. The molecule has 0 aliphatic rings. The van der Waals surface area contributed by atoms with E-state index in [2.05, 4.69) is 52.0 Å². The Labute approximate surface area is 124 Å². The fourth-order valence-electron chi connectivity index (χ4n) is 1.58. The molecule has 0 radical (unpaired) electrons. The van der Waals surface area contributed by atoms with E-state index in [0.717, 1.165) is 8.95 Å². The van der Waals surface area contributed by atoms with Gasteiger partial charge in [-0.15, -0.1) is 0 Å². The van der Waals surface area contributed by atoms with Gasteiger partial charge in [-0.25, -0.2) is 4.98 Å². The second-order valence-electron chi connectivity index (χ2n) is 3.71. The number of aromatic nitrogens is 4. The third-order valence-electron chi connectivity index (χ3n) is 2.46. The summed E-state index contributed by atoms with van der Waals surface area (Å²) in [5, 5.41) is 3.87. The first kappa shape index (κ1) is 12.4. The first-order valence-electron chi connectivity index (χ1n) is 5.23. The van der Waals surface area contributed by atoms with Crippen LogP contribution in [0.15, 0.2) is 38.0 Å². The molecule has 2 aromatic heterocycles. The number of rotatable bonds is 2. The number of imidazole rings is 1. The highest BCUT2D eigenvalue weighted by atomic mass is 79.9. The van der Waals surface area contributed by atoms with Gasteiger partial charge in [-0.2, -0.15) is 4.98 Å². The summed E-state index contributed by atoms with van der Waals surface area (Å²) in [4.78, 5) is 11.2. The summed E-state index contributed by atoms with van der Waals surface area (Å²) in [7, 11) is 0. The summed E-state index contributed by atoms with van der Waals surface area (Å²) >= 11 is 6.77. The molecule has 0 aliphatic heterocycles. The van der Waals surface area contributed by atoms with Crippen molar-refractivity contribution in [2.24, 2.45) is 0 Å². The number of benzene rings is 1. The predicted octanol–water partition coefficient (Wildman–Crippen LogP) is 3.23. The average Bonchev–Trinajstić information content (AvgIpc) is 3.03. The topological polar surface area (TPSA) is 93.6 Å². The lowest BCUT2D eigenvalue weighted by Crippen LogP contribution is -1.92. The highest BCUT2D eigenvalue weighted by molar-refractivity contribution is 9.11. The zero-order valence-electron chi connectivity index (χ0n) is 9.39. The molecule has 0 spiro atoms. The quantitative estimate of drug-likeness (QED) is 0.661. The number of halogens is 2. The summed E-state index contributed by atoms with van der Waals surface area (Å²) < 4.78 is 6.84. The Morgan fingerprint density at radius 1 is 1.26 bits per heavy atom. The summed E-state index contributed by atoms with van der Waals surface area (Å²) in [5.74, 6) is 1.27. The van der Waals surface area contributed by atoms with Crippen molar-refractivity contribution in [3.63, 3.8) is 0 Å². The lowest BCUT2D eigenvalue weighted by atomic mass is 10.2. The van der Waals surface area contributed by atoms with Crippen LogP contribution in [0.4, 0.5) is 5.69 Å². The van der Waals surface area contributed by atoms with Crippen LogP contribution in [0.5, 0.6) is 0 Å². The first-order valence-corrected chi connectivity index (χ1v) is 6.82. The molecular weight excluding hydrogens is 378 g/mol. The Bertz CT molecular complexity index is 723. The number of nitrogens with zero attached hydrogens (tertiary/aromatic N) is 3. The zero-order chi connectivity index (χ0) is 13.4. The maximum atomic E-state index is 5.99. The molecule has 0 amide bonds. The van der Waals surface area contributed by atoms with Crippen molar-refractivity contribution in [3.05, 3.63) is 33.5 Å². The zero-order valence-corrected chi connectivity index (χ0v) is 12.6. The molecule has 0 unspecified atom stereocenters. The van der Waals surface area contributed by atoms with Crippen molar-refractivity contribution in [2.45, 2.75) is 0 Å². The number of hydrogen-bond donors (Lipinski definition) is 2. The van der Waals surface area contributed by atoms with Crippen LogP contribution in [-0.2, 0) is 0 Å². The van der Waals surface area contributed by atoms with Crippen molar-refractivity contribution in [1.29, 1.82) is 0 Å². The van der Waals surface area contributed by atoms with Crippen LogP contribution in [0, 0.1) is 0 Å². The van der Waals surface area contributed by atoms with Crippen LogP contribution in [0.25, 0.3) is 23.1 Å². The molecule has 1 aromatic carbocycles. The molecular formula is C11H7Br2N5O. The van der Waals surface area contributed by atoms with E-state index < -0.39 is 0 Å². The van der Waals surface area contributed by atoms with Crippen LogP contribution in [0.3, 0.4) is 0 Å². The molecule has 0 aliphatic carbocycles. The molecule has 6 nitrogen and oxygen atoms in total. The Morgan fingerprint density at radius 3 is 2.84 bits per heavy atom. The Hall–Kier alpha value is -1.67. The van der Waals surface area contributed by atoms with Crippen LogP contribution in [-0.4, -0.2) is 20.1 Å². The van der Waals surface area contributed by atoms with Gasteiger partial charge < -0.3 is 15.2 Å². The van der Waals surface area contributed by atoms with Crippen LogP contribution in [0.1, 0.15) is 0 Å². The minimum Gasteiger partial charge on any atom is -0.397 e. The molecule has 0 atom stereocenters. The van der Waals surface area contributed by atoms with Gasteiger partial charge >= 0.3 is 0 Å². The minimum absolute atomic E-state index is 0.339. The molecule has 0 fully saturated rings. The third-order valence-corrected chi connectivity index (χ3v) is 3.57. The van der Waals surface area contributed by atoms with Gasteiger partial charge in [-0.05, 0) is 28.1 Å². The smallest absolute Gasteiger partial charge is 0.260 e. The van der Waals surface area contributed by atoms with Crippen LogP contribution >= 0.6 is 31.9 Å². The van der Waals surface area contributed by atoms with Gasteiger partial charge in [0.1, 0.15) is 0 Å². The highest BCUT2D eigenvalue weighted by Crippen LogP contribution is 2.34. The van der Waals surface area contributed by atoms with E-state index in [1.54, 1.807) is 12.4 Å². The number of hydrogen-bond acceptors (Lipinski definition) is 5. The summed E-state index contributed by atoms with van der Waals surface area (Å²) in [5.41, 5.74) is 7.19. The van der Waals surface area contributed by atoms with Crippen LogP contribution in [0.2, 0.25) is 0 Å². The molecule has 3 N–H and O–H groups in total. The normalized spacial score (nSPS) is 10.8. The first-order chi connectivity index (χ1) is 9.15. The second kappa shape index (κ2) is 4.78. The van der Waals surface area contributed by atoms with Gasteiger partial charge in [-0.3, -0.25) is 0 Å². The van der Waals surface area contributed by atoms with Crippen molar-refractivity contribution >= 4 is 37.5 Å². The molecule has 8 heteroatoms. The molecule has 2 heterocycles. The number of nitrogens with two attached hydrogens (primary N) is 1. The third kappa shape index (κ3) is 2.28. The van der Waals surface area contributed by atoms with Crippen molar-refractivity contribution in [2.75, 3.05) is 5.73 Å². The molecule has 3 rings (SSSR count). The SMILES string of the molecule is Nc1c(Br)cc(Br)cc1-c1nc(-c2ncc[nH]2)no1. The van der Waals surface area contributed by atoms with E-state index in [1.165, 1.54) is 0 Å². The molecule has 0 saturated carbocycles. The predicted molar refractivity (Wildman–Crippen MR) is 77.1 cm³/mol. The van der Waals surface area contributed by atoms with E-state index in [4.69, 9.17) is 10.3 Å². The largest absolute Gasteiger partial charge is 0.397 e. The Balaban J connectivity index is 2.09. The van der Waals surface area contributed by atoms with Gasteiger partial charge in [0.05, 0.1) is 11.3 Å². The molecule has 3 aromatic rings. The maximum Gasteiger partial charge on any atom is 0.260 e. The fourth-order valence-corrected chi connectivity index (χ4v) is 2.80. The molecule has 0 saturated heterocycles. The van der Waals surface area contributed by atoms with E-state index in [0.29, 0.717) is 28.8 Å². The number of nitrogens with one attached hydrogen (secondary N) is 1. The molecule has 19 heavy (non-hydrogen) atoms. The molecule has 0 bridgehead atoms. The minimum atomic E-state index is 0.339. The lowest BCUT2D eigenvalue weighted by molar-refractivity contribution is 0.432. The van der Waals surface area contributed by atoms with E-state index in [1.807, 2.05) is 12.1 Å². The van der Waals surface area contributed by atoms with E-state index >= 15 is 0 Å². The van der Waals surface area contributed by atoms with Gasteiger partial charge in [0, 0.05) is 21.3 Å². The van der Waals surface area contributed by atoms with Gasteiger partial charge in [0.15, 0.2) is 5.82 Å². The monoisotopic (exact) mass is 383 g/mol. The standard InChI is InChI=1S/C11H7Br2N5O/c12-5-3-6(8(14)7(13)4-5)11-17-10(18-19-11)9-15-1-2-16-9/h1-4H,14H2,(H,15,16). The van der Waals surface area contributed by atoms with Gasteiger partial charge in [-0.1, -0.05) is 21.1 Å². The summed E-state index contributed by atoms with van der Waals surface area (Å²) in [6.45, 7) is 0. The fraction of sp³-hybridized carbons (Fsp3) is 0. The summed E-state index contributed by atoms with van der Waals surface area (Å²) in [6, 6.07) is 3.67. The van der Waals surface area contributed by atoms with E-state index in [9.17, 15) is 0 Å². The maximum absolute atomic E-state index is 5.99. The number of aromatic amines is 1. The lowest BCUT2D eigenvalue weighted by Gasteiger charge is -2.04. The highest BCUT2D eigenvalue weighted by Gasteiger charge is 2.16. The van der Waals surface area contributed by atoms with Crippen molar-refractivity contribution < 1.29 is 4.52 Å². The van der Waals surface area contributed by atoms with Crippen molar-refractivity contribution in [1.82, 2.24) is 20.1 Å². The van der Waals surface area contributed by atoms with Crippen LogP contribution < -0.4 is 5.73 Å². The average molecular weight is 385 g/mol. The number of anilines is 1. The van der Waals surface area contributed by atoms with Gasteiger partial charge in [0.2, 0.25) is 5.82 Å². The molecule has 96 valence electrons. The Kier molecular flexibility index (Phi) is 3.11.